The van der Waals surface area contributed by atoms with Crippen LogP contribution in [0, 0.1) is 18.2 Å². The summed E-state index contributed by atoms with van der Waals surface area (Å²) in [4.78, 5) is 14.2. The molecule has 2 atom stereocenters. The van der Waals surface area contributed by atoms with Crippen molar-refractivity contribution in [3.63, 3.8) is 0 Å². The van der Waals surface area contributed by atoms with E-state index in [2.05, 4.69) is 0 Å². The van der Waals surface area contributed by atoms with Crippen LogP contribution in [0.4, 0.5) is 4.39 Å². The SMILES string of the molecule is Cc1ccc(C(=O)N2CCC3(CC2)[C@@H](O)C[C@H]3OCCN)c(F)c1. The molecule has 1 spiro atoms. The number of amides is 1. The molecule has 1 aromatic rings. The maximum Gasteiger partial charge on any atom is 0.256 e. The number of nitrogens with two attached hydrogens (primary N) is 1. The molecule has 1 saturated heterocycles. The monoisotopic (exact) mass is 336 g/mol. The second kappa shape index (κ2) is 6.78. The maximum absolute atomic E-state index is 14.0. The summed E-state index contributed by atoms with van der Waals surface area (Å²) in [6.45, 7) is 3.75. The van der Waals surface area contributed by atoms with Gasteiger partial charge < -0.3 is 20.5 Å². The van der Waals surface area contributed by atoms with Gasteiger partial charge in [-0.25, -0.2) is 4.39 Å². The molecular weight excluding hydrogens is 311 g/mol. The molecule has 2 fully saturated rings. The van der Waals surface area contributed by atoms with Gasteiger partial charge in [0.15, 0.2) is 0 Å². The van der Waals surface area contributed by atoms with Gasteiger partial charge in [0, 0.05) is 31.5 Å². The third kappa shape index (κ3) is 2.94. The fraction of sp³-hybridized carbons (Fsp3) is 0.611. The second-order valence-corrected chi connectivity index (χ2v) is 6.91. The van der Waals surface area contributed by atoms with E-state index in [1.807, 2.05) is 0 Å². The molecule has 0 bridgehead atoms. The Labute approximate surface area is 141 Å². The highest BCUT2D eigenvalue weighted by molar-refractivity contribution is 5.94. The first kappa shape index (κ1) is 17.3. The van der Waals surface area contributed by atoms with Gasteiger partial charge in [-0.15, -0.1) is 0 Å². The highest BCUT2D eigenvalue weighted by atomic mass is 19.1. The van der Waals surface area contributed by atoms with Crippen molar-refractivity contribution >= 4 is 5.91 Å². The van der Waals surface area contributed by atoms with Gasteiger partial charge in [-0.05, 0) is 37.5 Å². The van der Waals surface area contributed by atoms with E-state index >= 15 is 0 Å². The van der Waals surface area contributed by atoms with Crippen LogP contribution >= 0.6 is 0 Å². The van der Waals surface area contributed by atoms with Gasteiger partial charge >= 0.3 is 0 Å². The Morgan fingerprint density at radius 2 is 2.17 bits per heavy atom. The summed E-state index contributed by atoms with van der Waals surface area (Å²) in [5.41, 5.74) is 6.11. The average Bonchev–Trinajstić information content (AvgIpc) is 2.58. The van der Waals surface area contributed by atoms with Crippen LogP contribution in [0.1, 0.15) is 35.2 Å². The lowest BCUT2D eigenvalue weighted by atomic mass is 9.58. The summed E-state index contributed by atoms with van der Waals surface area (Å²) in [5, 5.41) is 10.2. The van der Waals surface area contributed by atoms with Crippen molar-refractivity contribution in [2.45, 2.75) is 38.4 Å². The normalized spacial score (nSPS) is 25.6. The first-order valence-corrected chi connectivity index (χ1v) is 8.53. The Hall–Kier alpha value is -1.50. The number of aliphatic hydroxyl groups is 1. The quantitative estimate of drug-likeness (QED) is 0.873. The molecule has 24 heavy (non-hydrogen) atoms. The van der Waals surface area contributed by atoms with Crippen molar-refractivity contribution in [3.05, 3.63) is 35.1 Å². The molecule has 1 aliphatic heterocycles. The number of ether oxygens (including phenoxy) is 1. The van der Waals surface area contributed by atoms with E-state index in [4.69, 9.17) is 10.5 Å². The van der Waals surface area contributed by atoms with Gasteiger partial charge in [0.05, 0.1) is 24.4 Å². The van der Waals surface area contributed by atoms with E-state index in [1.54, 1.807) is 24.0 Å². The standard InChI is InChI=1S/C18H25FN2O3/c1-12-2-3-13(14(19)10-12)17(23)21-7-4-18(5-8-21)15(22)11-16(18)24-9-6-20/h2-3,10,15-16,22H,4-9,11,20H2,1H3/t15-,16+/m0/s1. The summed E-state index contributed by atoms with van der Waals surface area (Å²) < 4.78 is 19.8. The number of piperidine rings is 1. The number of rotatable bonds is 4. The highest BCUT2D eigenvalue weighted by Crippen LogP contribution is 2.51. The topological polar surface area (TPSA) is 75.8 Å². The van der Waals surface area contributed by atoms with Crippen molar-refractivity contribution in [3.8, 4) is 0 Å². The molecule has 1 aliphatic carbocycles. The number of carbonyl (C=O) groups excluding carboxylic acids is 1. The molecule has 1 amide bonds. The first-order valence-electron chi connectivity index (χ1n) is 8.53. The lowest BCUT2D eigenvalue weighted by Gasteiger charge is -2.56. The minimum absolute atomic E-state index is 0.00409. The molecule has 2 aliphatic rings. The van der Waals surface area contributed by atoms with Crippen LogP contribution in [0.25, 0.3) is 0 Å². The van der Waals surface area contributed by atoms with Crippen LogP contribution in [0.2, 0.25) is 0 Å². The first-order chi connectivity index (χ1) is 11.5. The average molecular weight is 336 g/mol. The lowest BCUT2D eigenvalue weighted by Crippen LogP contribution is -2.63. The molecule has 5 nitrogen and oxygen atoms in total. The molecule has 3 rings (SSSR count). The second-order valence-electron chi connectivity index (χ2n) is 6.91. The van der Waals surface area contributed by atoms with E-state index in [9.17, 15) is 14.3 Å². The van der Waals surface area contributed by atoms with E-state index < -0.39 is 11.9 Å². The van der Waals surface area contributed by atoms with Crippen molar-refractivity contribution < 1.29 is 19.0 Å². The molecule has 6 heteroatoms. The molecule has 0 unspecified atom stereocenters. The van der Waals surface area contributed by atoms with E-state index in [1.165, 1.54) is 6.07 Å². The van der Waals surface area contributed by atoms with Gasteiger partial charge in [-0.3, -0.25) is 4.79 Å². The zero-order valence-corrected chi connectivity index (χ0v) is 14.0. The minimum atomic E-state index is -0.479. The van der Waals surface area contributed by atoms with E-state index in [0.29, 0.717) is 45.5 Å². The number of hydrogen-bond acceptors (Lipinski definition) is 4. The molecule has 0 radical (unpaired) electrons. The van der Waals surface area contributed by atoms with Gasteiger partial charge in [-0.1, -0.05) is 6.07 Å². The summed E-state index contributed by atoms with van der Waals surface area (Å²) in [7, 11) is 0. The number of hydrogen-bond donors (Lipinski definition) is 2. The van der Waals surface area contributed by atoms with Crippen LogP contribution in [-0.2, 0) is 4.74 Å². The number of aryl methyl sites for hydroxylation is 1. The molecule has 132 valence electrons. The molecule has 3 N–H and O–H groups in total. The molecule has 1 saturated carbocycles. The molecule has 1 heterocycles. The Kier molecular flexibility index (Phi) is 4.90. The van der Waals surface area contributed by atoms with Crippen molar-refractivity contribution in [2.24, 2.45) is 11.1 Å². The largest absolute Gasteiger partial charge is 0.392 e. The van der Waals surface area contributed by atoms with Gasteiger partial charge in [0.2, 0.25) is 0 Å². The van der Waals surface area contributed by atoms with Gasteiger partial charge in [-0.2, -0.15) is 0 Å². The Morgan fingerprint density at radius 3 is 2.75 bits per heavy atom. The van der Waals surface area contributed by atoms with E-state index in [0.717, 1.165) is 5.56 Å². The predicted octanol–water partition coefficient (Wildman–Crippen LogP) is 1.47. The summed E-state index contributed by atoms with van der Waals surface area (Å²) in [6.07, 6.45) is 1.57. The lowest BCUT2D eigenvalue weighted by molar-refractivity contribution is -0.208. The summed E-state index contributed by atoms with van der Waals surface area (Å²) in [5.74, 6) is -0.760. The van der Waals surface area contributed by atoms with Crippen LogP contribution in [-0.4, -0.2) is 54.4 Å². The van der Waals surface area contributed by atoms with Crippen LogP contribution in [0.5, 0.6) is 0 Å². The highest BCUT2D eigenvalue weighted by Gasteiger charge is 2.56. The number of aliphatic hydroxyl groups excluding tert-OH is 1. The van der Waals surface area contributed by atoms with Crippen molar-refractivity contribution in [1.82, 2.24) is 4.90 Å². The minimum Gasteiger partial charge on any atom is -0.392 e. The third-order valence-electron chi connectivity index (χ3n) is 5.52. The zero-order valence-electron chi connectivity index (χ0n) is 14.0. The van der Waals surface area contributed by atoms with E-state index in [-0.39, 0.29) is 23.0 Å². The van der Waals surface area contributed by atoms with Crippen molar-refractivity contribution in [2.75, 3.05) is 26.2 Å². The van der Waals surface area contributed by atoms with Gasteiger partial charge in [0.1, 0.15) is 5.82 Å². The number of halogens is 1. The predicted molar refractivity (Wildman–Crippen MR) is 88.1 cm³/mol. The number of carbonyl (C=O) groups is 1. The molecule has 0 aromatic heterocycles. The third-order valence-corrected chi connectivity index (χ3v) is 5.52. The van der Waals surface area contributed by atoms with Crippen molar-refractivity contribution in [1.29, 1.82) is 0 Å². The van der Waals surface area contributed by atoms with Gasteiger partial charge in [0.25, 0.3) is 5.91 Å². The fourth-order valence-corrected chi connectivity index (χ4v) is 3.92. The Bertz CT molecular complexity index is 614. The number of benzene rings is 1. The fourth-order valence-electron chi connectivity index (χ4n) is 3.92. The summed E-state index contributed by atoms with van der Waals surface area (Å²) in [6, 6.07) is 4.67. The molecule has 1 aromatic carbocycles. The number of likely N-dealkylation sites (tertiary alicyclic amines) is 1. The zero-order chi connectivity index (χ0) is 17.3. The van der Waals surface area contributed by atoms with Crippen LogP contribution in [0.3, 0.4) is 0 Å². The summed E-state index contributed by atoms with van der Waals surface area (Å²) >= 11 is 0. The smallest absolute Gasteiger partial charge is 0.256 e. The maximum atomic E-state index is 14.0. The van der Waals surface area contributed by atoms with Crippen LogP contribution < -0.4 is 5.73 Å². The Balaban J connectivity index is 1.65. The Morgan fingerprint density at radius 1 is 1.46 bits per heavy atom. The molecular formula is C18H25FN2O3. The van der Waals surface area contributed by atoms with Crippen LogP contribution in [0.15, 0.2) is 18.2 Å². The number of nitrogens with zero attached hydrogens (tertiary/aromatic N) is 1.